The van der Waals surface area contributed by atoms with Gasteiger partial charge >= 0.3 is 0 Å². The van der Waals surface area contributed by atoms with Crippen LogP contribution in [0.3, 0.4) is 0 Å². The van der Waals surface area contributed by atoms with Crippen LogP contribution in [0.1, 0.15) is 16.7 Å². The smallest absolute Gasteiger partial charge is 0.259 e. The molecule has 2 aromatic carbocycles. The van der Waals surface area contributed by atoms with Gasteiger partial charge in [-0.3, -0.25) is 9.78 Å². The Balaban J connectivity index is 1.54. The average Bonchev–Trinajstić information content (AvgIpc) is 2.69. The molecule has 26 heavy (non-hydrogen) atoms. The largest absolute Gasteiger partial charge is 0.376 e. The van der Waals surface area contributed by atoms with Gasteiger partial charge < -0.3 is 5.32 Å². The Hall–Kier alpha value is -3.47. The predicted octanol–water partition coefficient (Wildman–Crippen LogP) is 3.23. The molecule has 1 heterocycles. The highest BCUT2D eigenvalue weighted by Crippen LogP contribution is 2.18. The molecule has 0 spiro atoms. The average molecular weight is 344 g/mol. The van der Waals surface area contributed by atoms with Crippen molar-refractivity contribution in [1.29, 1.82) is 0 Å². The number of para-hydroxylation sites is 1. The van der Waals surface area contributed by atoms with E-state index in [0.29, 0.717) is 0 Å². The zero-order chi connectivity index (χ0) is 18.0. The number of nitrogens with one attached hydrogen (secondary N) is 2. The van der Waals surface area contributed by atoms with E-state index < -0.39 is 0 Å². The fourth-order valence-corrected chi connectivity index (χ4v) is 2.51. The number of amides is 1. The number of anilines is 1. The molecule has 0 saturated heterocycles. The molecule has 3 rings (SSSR count). The molecule has 0 radical (unpaired) electrons. The Bertz CT molecular complexity index is 863. The summed E-state index contributed by atoms with van der Waals surface area (Å²) >= 11 is 0. The molecule has 0 bridgehead atoms. The summed E-state index contributed by atoms with van der Waals surface area (Å²) < 4.78 is 0. The van der Waals surface area contributed by atoms with Gasteiger partial charge in [0.1, 0.15) is 0 Å². The van der Waals surface area contributed by atoms with E-state index in [1.54, 1.807) is 18.6 Å². The second-order valence-corrected chi connectivity index (χ2v) is 5.75. The normalized spacial score (nSPS) is 10.6. The standard InChI is InChI=1S/C21H20N4O/c26-21(25-24-15-18-10-12-22-13-11-18)16-23-20-9-5-4-8-19(20)14-17-6-2-1-3-7-17/h1-13,15,23H,14,16H2,(H,25,26). The number of nitrogens with zero attached hydrogens (tertiary/aromatic N) is 2. The van der Waals surface area contributed by atoms with E-state index in [9.17, 15) is 4.79 Å². The second-order valence-electron chi connectivity index (χ2n) is 5.75. The highest BCUT2D eigenvalue weighted by atomic mass is 16.2. The molecule has 1 amide bonds. The molecule has 0 aliphatic heterocycles. The summed E-state index contributed by atoms with van der Waals surface area (Å²) in [5.74, 6) is -0.204. The Morgan fingerprint density at radius 3 is 2.50 bits per heavy atom. The Morgan fingerprint density at radius 2 is 1.69 bits per heavy atom. The summed E-state index contributed by atoms with van der Waals surface area (Å²) in [6.45, 7) is 0.152. The fraction of sp³-hybridized carbons (Fsp3) is 0.0952. The van der Waals surface area contributed by atoms with Crippen molar-refractivity contribution in [3.05, 3.63) is 95.8 Å². The number of carbonyl (C=O) groups excluding carboxylic acids is 1. The molecule has 0 unspecified atom stereocenters. The topological polar surface area (TPSA) is 66.4 Å². The van der Waals surface area contributed by atoms with Gasteiger partial charge in [-0.15, -0.1) is 0 Å². The van der Waals surface area contributed by atoms with Crippen molar-refractivity contribution >= 4 is 17.8 Å². The van der Waals surface area contributed by atoms with E-state index in [2.05, 4.69) is 39.0 Å². The summed E-state index contributed by atoms with van der Waals surface area (Å²) in [5, 5.41) is 7.14. The van der Waals surface area contributed by atoms with E-state index in [-0.39, 0.29) is 12.5 Å². The van der Waals surface area contributed by atoms with E-state index in [4.69, 9.17) is 0 Å². The van der Waals surface area contributed by atoms with Gasteiger partial charge in [0.15, 0.2) is 0 Å². The van der Waals surface area contributed by atoms with Gasteiger partial charge in [0.25, 0.3) is 5.91 Å². The quantitative estimate of drug-likeness (QED) is 0.511. The highest BCUT2D eigenvalue weighted by molar-refractivity contribution is 5.84. The van der Waals surface area contributed by atoms with E-state index in [1.807, 2.05) is 48.5 Å². The van der Waals surface area contributed by atoms with Crippen molar-refractivity contribution in [1.82, 2.24) is 10.4 Å². The number of pyridine rings is 1. The lowest BCUT2D eigenvalue weighted by atomic mass is 10.0. The lowest BCUT2D eigenvalue weighted by Crippen LogP contribution is -2.26. The minimum atomic E-state index is -0.204. The van der Waals surface area contributed by atoms with Crippen LogP contribution in [-0.2, 0) is 11.2 Å². The third-order valence-electron chi connectivity index (χ3n) is 3.80. The summed E-state index contributed by atoms with van der Waals surface area (Å²) in [4.78, 5) is 15.9. The van der Waals surface area contributed by atoms with Crippen molar-refractivity contribution in [2.24, 2.45) is 5.10 Å². The van der Waals surface area contributed by atoms with Gasteiger partial charge in [-0.1, -0.05) is 48.5 Å². The molecule has 0 saturated carbocycles. The molecule has 0 aliphatic carbocycles. The molecule has 2 N–H and O–H groups in total. The number of aromatic nitrogens is 1. The molecule has 0 atom stereocenters. The van der Waals surface area contributed by atoms with Gasteiger partial charge in [0, 0.05) is 18.1 Å². The van der Waals surface area contributed by atoms with E-state index in [0.717, 1.165) is 23.2 Å². The number of hydrogen-bond donors (Lipinski definition) is 2. The maximum absolute atomic E-state index is 12.0. The maximum Gasteiger partial charge on any atom is 0.259 e. The molecule has 5 heteroatoms. The number of hydrazone groups is 1. The molecule has 0 aliphatic rings. The minimum absolute atomic E-state index is 0.152. The summed E-state index contributed by atoms with van der Waals surface area (Å²) in [5.41, 5.74) is 6.72. The van der Waals surface area contributed by atoms with Crippen molar-refractivity contribution in [3.8, 4) is 0 Å². The first-order valence-electron chi connectivity index (χ1n) is 8.39. The van der Waals surface area contributed by atoms with Gasteiger partial charge in [-0.2, -0.15) is 5.10 Å². The molecular weight excluding hydrogens is 324 g/mol. The van der Waals surface area contributed by atoms with Gasteiger partial charge in [0.05, 0.1) is 12.8 Å². The molecule has 0 fully saturated rings. The summed E-state index contributed by atoms with van der Waals surface area (Å²) in [7, 11) is 0. The molecular formula is C21H20N4O. The highest BCUT2D eigenvalue weighted by Gasteiger charge is 2.05. The van der Waals surface area contributed by atoms with Crippen molar-refractivity contribution in [2.45, 2.75) is 6.42 Å². The summed E-state index contributed by atoms with van der Waals surface area (Å²) in [6.07, 6.45) is 5.75. The van der Waals surface area contributed by atoms with Gasteiger partial charge in [-0.05, 0) is 41.3 Å². The Morgan fingerprint density at radius 1 is 0.962 bits per heavy atom. The van der Waals surface area contributed by atoms with Crippen LogP contribution in [0.5, 0.6) is 0 Å². The zero-order valence-electron chi connectivity index (χ0n) is 14.3. The minimum Gasteiger partial charge on any atom is -0.376 e. The van der Waals surface area contributed by atoms with Crippen molar-refractivity contribution in [3.63, 3.8) is 0 Å². The Kier molecular flexibility index (Phi) is 6.09. The number of hydrogen-bond acceptors (Lipinski definition) is 4. The fourth-order valence-electron chi connectivity index (χ4n) is 2.51. The first-order valence-corrected chi connectivity index (χ1v) is 8.39. The molecule has 130 valence electrons. The van der Waals surface area contributed by atoms with Crippen LogP contribution in [0.15, 0.2) is 84.2 Å². The summed E-state index contributed by atoms with van der Waals surface area (Å²) in [6, 6.07) is 21.9. The van der Waals surface area contributed by atoms with E-state index in [1.165, 1.54) is 5.56 Å². The van der Waals surface area contributed by atoms with Crippen molar-refractivity contribution < 1.29 is 4.79 Å². The van der Waals surface area contributed by atoms with Gasteiger partial charge in [-0.25, -0.2) is 5.43 Å². The third-order valence-corrected chi connectivity index (χ3v) is 3.80. The third kappa shape index (κ3) is 5.27. The monoisotopic (exact) mass is 344 g/mol. The van der Waals surface area contributed by atoms with Crippen LogP contribution in [0, 0.1) is 0 Å². The van der Waals surface area contributed by atoms with Crippen LogP contribution >= 0.6 is 0 Å². The van der Waals surface area contributed by atoms with Crippen LogP contribution in [-0.4, -0.2) is 23.7 Å². The lowest BCUT2D eigenvalue weighted by molar-refractivity contribution is -0.119. The SMILES string of the molecule is O=C(CNc1ccccc1Cc1ccccc1)NN=Cc1ccncc1. The van der Waals surface area contributed by atoms with E-state index >= 15 is 0 Å². The van der Waals surface area contributed by atoms with Crippen LogP contribution < -0.4 is 10.7 Å². The number of benzene rings is 2. The van der Waals surface area contributed by atoms with Crippen LogP contribution in [0.25, 0.3) is 0 Å². The van der Waals surface area contributed by atoms with Crippen LogP contribution in [0.4, 0.5) is 5.69 Å². The number of carbonyl (C=O) groups is 1. The molecule has 1 aromatic heterocycles. The Labute approximate surface area is 152 Å². The zero-order valence-corrected chi connectivity index (χ0v) is 14.3. The lowest BCUT2D eigenvalue weighted by Gasteiger charge is -2.11. The molecule has 5 nitrogen and oxygen atoms in total. The second kappa shape index (κ2) is 9.13. The first kappa shape index (κ1) is 17.4. The number of rotatable bonds is 7. The molecule has 3 aromatic rings. The van der Waals surface area contributed by atoms with Crippen LogP contribution in [0.2, 0.25) is 0 Å². The first-order chi connectivity index (χ1) is 12.8. The maximum atomic E-state index is 12.0. The van der Waals surface area contributed by atoms with Gasteiger partial charge in [0.2, 0.25) is 0 Å². The van der Waals surface area contributed by atoms with Crippen molar-refractivity contribution in [2.75, 3.05) is 11.9 Å². The predicted molar refractivity (Wildman–Crippen MR) is 104 cm³/mol.